The van der Waals surface area contributed by atoms with Crippen LogP contribution in [0, 0.1) is 5.82 Å². The minimum Gasteiger partial charge on any atom is -0.294 e. The third kappa shape index (κ3) is 3.81. The summed E-state index contributed by atoms with van der Waals surface area (Å²) < 4.78 is 53.4. The van der Waals surface area contributed by atoms with E-state index in [9.17, 15) is 17.6 Å². The molecule has 2 aromatic rings. The highest BCUT2D eigenvalue weighted by Crippen LogP contribution is 2.34. The van der Waals surface area contributed by atoms with Crippen molar-refractivity contribution < 1.29 is 17.6 Å². The van der Waals surface area contributed by atoms with Crippen molar-refractivity contribution in [2.24, 2.45) is 0 Å². The van der Waals surface area contributed by atoms with Crippen LogP contribution in [0.3, 0.4) is 0 Å². The first kappa shape index (κ1) is 17.8. The first-order valence-electron chi connectivity index (χ1n) is 8.17. The van der Waals surface area contributed by atoms with E-state index in [2.05, 4.69) is 9.97 Å². The zero-order chi connectivity index (χ0) is 18.2. The molecule has 0 unspecified atom stereocenters. The number of rotatable bonds is 3. The summed E-state index contributed by atoms with van der Waals surface area (Å²) in [6.07, 6.45) is -2.22. The molecule has 0 N–H and O–H groups in total. The molecule has 1 aliphatic heterocycles. The molecule has 1 aromatic carbocycles. The van der Waals surface area contributed by atoms with Gasteiger partial charge in [0, 0.05) is 55.0 Å². The van der Waals surface area contributed by atoms with Crippen LogP contribution in [0.15, 0.2) is 24.4 Å². The molecule has 0 bridgehead atoms. The molecule has 134 valence electrons. The second-order valence-electron chi connectivity index (χ2n) is 6.58. The molecule has 0 amide bonds. The normalized spacial score (nSPS) is 15.5. The minimum absolute atomic E-state index is 0.0904. The lowest BCUT2D eigenvalue weighted by Gasteiger charge is -2.29. The fourth-order valence-electron chi connectivity index (χ4n) is 3.01. The van der Waals surface area contributed by atoms with Crippen molar-refractivity contribution in [2.45, 2.75) is 45.5 Å². The summed E-state index contributed by atoms with van der Waals surface area (Å²) in [6.45, 7) is 4.88. The summed E-state index contributed by atoms with van der Waals surface area (Å²) in [7, 11) is 0. The Morgan fingerprint density at radius 1 is 1.24 bits per heavy atom. The summed E-state index contributed by atoms with van der Waals surface area (Å²) in [6, 6.07) is 3.09. The average Bonchev–Trinajstić information content (AvgIpc) is 2.55. The van der Waals surface area contributed by atoms with Crippen molar-refractivity contribution in [2.75, 3.05) is 6.54 Å². The van der Waals surface area contributed by atoms with Gasteiger partial charge in [-0.05, 0) is 12.1 Å². The first-order chi connectivity index (χ1) is 11.8. The Hall–Kier alpha value is -2.02. The van der Waals surface area contributed by atoms with Crippen LogP contribution >= 0.6 is 0 Å². The molecule has 0 spiro atoms. The van der Waals surface area contributed by atoms with Crippen LogP contribution in [0.5, 0.6) is 0 Å². The second kappa shape index (κ2) is 6.71. The Morgan fingerprint density at radius 2 is 2.00 bits per heavy atom. The van der Waals surface area contributed by atoms with Crippen LogP contribution in [0.25, 0.3) is 0 Å². The highest BCUT2D eigenvalue weighted by atomic mass is 19.4. The predicted molar refractivity (Wildman–Crippen MR) is 85.3 cm³/mol. The quantitative estimate of drug-likeness (QED) is 0.770. The summed E-state index contributed by atoms with van der Waals surface area (Å²) in [4.78, 5) is 10.7. The van der Waals surface area contributed by atoms with E-state index in [1.807, 2.05) is 13.8 Å². The van der Waals surface area contributed by atoms with Gasteiger partial charge in [-0.15, -0.1) is 0 Å². The largest absolute Gasteiger partial charge is 0.416 e. The van der Waals surface area contributed by atoms with E-state index < -0.39 is 17.6 Å². The fraction of sp³-hybridized carbons (Fsp3) is 0.444. The van der Waals surface area contributed by atoms with Crippen LogP contribution in [-0.2, 0) is 25.7 Å². The highest BCUT2D eigenvalue weighted by Gasteiger charge is 2.35. The van der Waals surface area contributed by atoms with Crippen molar-refractivity contribution >= 4 is 0 Å². The number of fused-ring (bicyclic) bond motifs is 1. The Kier molecular flexibility index (Phi) is 4.77. The monoisotopic (exact) mass is 353 g/mol. The molecule has 0 atom stereocenters. The predicted octanol–water partition coefficient (Wildman–Crippen LogP) is 4.32. The van der Waals surface area contributed by atoms with Crippen molar-refractivity contribution in [3.63, 3.8) is 0 Å². The van der Waals surface area contributed by atoms with E-state index in [4.69, 9.17) is 0 Å². The van der Waals surface area contributed by atoms with E-state index in [1.54, 1.807) is 11.1 Å². The van der Waals surface area contributed by atoms with Crippen LogP contribution in [0.1, 0.15) is 48.0 Å². The van der Waals surface area contributed by atoms with Crippen LogP contribution in [0.4, 0.5) is 17.6 Å². The third-order valence-electron chi connectivity index (χ3n) is 4.35. The number of hydrogen-bond acceptors (Lipinski definition) is 3. The molecule has 1 aliphatic rings. The Bertz CT molecular complexity index is 771. The number of benzene rings is 1. The van der Waals surface area contributed by atoms with Gasteiger partial charge < -0.3 is 0 Å². The molecule has 0 saturated heterocycles. The van der Waals surface area contributed by atoms with Crippen LogP contribution in [-0.4, -0.2) is 21.4 Å². The second-order valence-corrected chi connectivity index (χ2v) is 6.58. The zero-order valence-corrected chi connectivity index (χ0v) is 14.1. The van der Waals surface area contributed by atoms with E-state index in [-0.39, 0.29) is 18.0 Å². The maximum absolute atomic E-state index is 14.0. The lowest BCUT2D eigenvalue weighted by Crippen LogP contribution is -2.32. The van der Waals surface area contributed by atoms with Gasteiger partial charge in [-0.1, -0.05) is 19.9 Å². The van der Waals surface area contributed by atoms with Gasteiger partial charge in [-0.2, -0.15) is 13.2 Å². The van der Waals surface area contributed by atoms with Crippen molar-refractivity contribution in [3.8, 4) is 0 Å². The fourth-order valence-corrected chi connectivity index (χ4v) is 3.01. The number of aromatic nitrogens is 2. The summed E-state index contributed by atoms with van der Waals surface area (Å²) in [5, 5.41) is 0. The molecular weight excluding hydrogens is 334 g/mol. The van der Waals surface area contributed by atoms with E-state index in [0.717, 1.165) is 35.3 Å². The lowest BCUT2D eigenvalue weighted by molar-refractivity contribution is -0.138. The zero-order valence-electron chi connectivity index (χ0n) is 14.1. The van der Waals surface area contributed by atoms with Gasteiger partial charge in [-0.3, -0.25) is 4.90 Å². The topological polar surface area (TPSA) is 29.0 Å². The van der Waals surface area contributed by atoms with Gasteiger partial charge in [0.25, 0.3) is 0 Å². The number of halogens is 4. The van der Waals surface area contributed by atoms with Gasteiger partial charge in [0.15, 0.2) is 0 Å². The van der Waals surface area contributed by atoms with Gasteiger partial charge in [0.2, 0.25) is 0 Å². The minimum atomic E-state index is -4.57. The first-order valence-corrected chi connectivity index (χ1v) is 8.17. The standard InChI is InChI=1S/C18H19F4N3/c1-11(2)17-23-8-12-9-25(7-6-16(12)24-17)10-13-14(18(20,21)22)4-3-5-15(13)19/h3-5,8,11H,6-7,9-10H2,1-2H3. The Morgan fingerprint density at radius 3 is 2.68 bits per heavy atom. The number of alkyl halides is 3. The van der Waals surface area contributed by atoms with Crippen LogP contribution in [0.2, 0.25) is 0 Å². The Balaban J connectivity index is 1.83. The average molecular weight is 353 g/mol. The molecule has 7 heteroatoms. The van der Waals surface area contributed by atoms with Gasteiger partial charge in [0.1, 0.15) is 11.6 Å². The molecule has 0 aliphatic carbocycles. The molecule has 0 radical (unpaired) electrons. The third-order valence-corrected chi connectivity index (χ3v) is 4.35. The Labute approximate surface area is 143 Å². The van der Waals surface area contributed by atoms with E-state index in [1.165, 1.54) is 0 Å². The van der Waals surface area contributed by atoms with E-state index >= 15 is 0 Å². The maximum Gasteiger partial charge on any atom is 0.416 e. The van der Waals surface area contributed by atoms with Crippen molar-refractivity contribution in [1.82, 2.24) is 14.9 Å². The van der Waals surface area contributed by atoms with Gasteiger partial charge >= 0.3 is 6.18 Å². The molecule has 3 rings (SSSR count). The van der Waals surface area contributed by atoms with Crippen molar-refractivity contribution in [1.29, 1.82) is 0 Å². The lowest BCUT2D eigenvalue weighted by atomic mass is 10.0. The maximum atomic E-state index is 14.0. The summed E-state index contributed by atoms with van der Waals surface area (Å²) >= 11 is 0. The SMILES string of the molecule is CC(C)c1ncc2c(n1)CCN(Cc1c(F)cccc1C(F)(F)F)C2. The van der Waals surface area contributed by atoms with Gasteiger partial charge in [0.05, 0.1) is 5.56 Å². The number of nitrogens with zero attached hydrogens (tertiary/aromatic N) is 3. The molecular formula is C18H19F4N3. The summed E-state index contributed by atoms with van der Waals surface area (Å²) in [5.41, 5.74) is 0.600. The highest BCUT2D eigenvalue weighted by molar-refractivity contribution is 5.31. The number of hydrogen-bond donors (Lipinski definition) is 0. The van der Waals surface area contributed by atoms with E-state index in [0.29, 0.717) is 19.5 Å². The molecule has 3 nitrogen and oxygen atoms in total. The molecule has 0 fully saturated rings. The molecule has 2 heterocycles. The smallest absolute Gasteiger partial charge is 0.294 e. The van der Waals surface area contributed by atoms with Gasteiger partial charge in [-0.25, -0.2) is 14.4 Å². The van der Waals surface area contributed by atoms with Crippen molar-refractivity contribution in [3.05, 3.63) is 58.4 Å². The summed E-state index contributed by atoms with van der Waals surface area (Å²) in [5.74, 6) is 0.156. The molecule has 1 aromatic heterocycles. The molecule has 25 heavy (non-hydrogen) atoms. The van der Waals surface area contributed by atoms with Crippen LogP contribution < -0.4 is 0 Å². The molecule has 0 saturated carbocycles.